The summed E-state index contributed by atoms with van der Waals surface area (Å²) in [4.78, 5) is 0. The van der Waals surface area contributed by atoms with E-state index in [4.69, 9.17) is 153 Å². The highest BCUT2D eigenvalue weighted by molar-refractivity contribution is 7.73. The van der Waals surface area contributed by atoms with Gasteiger partial charge in [0.05, 0.1) is 11.4 Å². The monoisotopic (exact) mass is 561 g/mol. The molecule has 0 fully saturated rings. The summed E-state index contributed by atoms with van der Waals surface area (Å²) in [6.07, 6.45) is 0. The molecule has 21 heavy (non-hydrogen) atoms. The van der Waals surface area contributed by atoms with Crippen LogP contribution in [0.25, 0.3) is 0 Å². The van der Waals surface area contributed by atoms with Crippen LogP contribution in [0, 0.1) is 0 Å². The van der Waals surface area contributed by atoms with Crippen molar-refractivity contribution < 1.29 is 13.3 Å². The summed E-state index contributed by atoms with van der Waals surface area (Å²) in [7, 11) is 0. The first-order chi connectivity index (χ1) is 8.73. The predicted molar refractivity (Wildman–Crippen MR) is 95.4 cm³/mol. The third-order valence-electron chi connectivity index (χ3n) is 1.50. The van der Waals surface area contributed by atoms with Crippen LogP contribution in [0.15, 0.2) is 0 Å². The predicted octanol–water partition coefficient (Wildman–Crippen LogP) is 6.59. The number of alkyl halides is 12. The number of hydrogen-bond donors (Lipinski definition) is 1. The lowest BCUT2D eigenvalue weighted by Gasteiger charge is -2.46. The fourth-order valence-corrected chi connectivity index (χ4v) is 3.31. The molecule has 0 aliphatic carbocycles. The molecule has 3 nitrogen and oxygen atoms in total. The van der Waals surface area contributed by atoms with E-state index >= 15 is 0 Å². The Kier molecular flexibility index (Phi) is 11.4. The van der Waals surface area contributed by atoms with Crippen LogP contribution in [0.5, 0.6) is 0 Å². The van der Waals surface area contributed by atoms with E-state index in [0.29, 0.717) is 0 Å². The Labute approximate surface area is 182 Å². The van der Waals surface area contributed by atoms with Gasteiger partial charge < -0.3 is 9.11 Å². The Hall–Kier alpha value is 3.55. The lowest BCUT2D eigenvalue weighted by molar-refractivity contribution is 0.436. The molecule has 1 unspecified atom stereocenters. The second-order valence-corrected chi connectivity index (χ2v) is 11.9. The maximum Gasteiger partial charge on any atom is 0.226 e. The van der Waals surface area contributed by atoms with E-state index in [1.807, 2.05) is 0 Å². The summed E-state index contributed by atoms with van der Waals surface area (Å²) in [5.74, 6) is 0. The first kappa shape index (κ1) is 26.8. The molecule has 0 saturated carbocycles. The summed E-state index contributed by atoms with van der Waals surface area (Å²) >= 11 is 64.9. The maximum atomic E-state index is 8.56. The molecule has 0 amide bonds. The van der Waals surface area contributed by atoms with E-state index in [2.05, 4.69) is 0 Å². The first-order valence-corrected chi connectivity index (χ1v) is 9.35. The van der Waals surface area contributed by atoms with E-state index in [-0.39, 0.29) is 0 Å². The van der Waals surface area contributed by atoms with E-state index < -0.39 is 31.9 Å². The second kappa shape index (κ2) is 8.96. The number of hydrogen-bond acceptors (Lipinski definition) is 2. The molecule has 0 aromatic carbocycles. The minimum absolute atomic E-state index is 2.36. The van der Waals surface area contributed by atoms with Gasteiger partial charge in [-0.1, -0.05) is 139 Å². The lowest BCUT2D eigenvalue weighted by atomic mass is 10.2. The maximum absolute atomic E-state index is 8.56. The van der Waals surface area contributed by atoms with E-state index in [1.54, 1.807) is 0 Å². The fraction of sp³-hybridized carbons (Fsp3) is 1.00. The normalized spacial score (nSPS) is 16.1. The molecule has 1 atom stereocenters. The molecule has 0 aromatic rings. The minimum Gasteiger partial charge on any atom is -0.750 e. The average Bonchev–Trinajstić information content (AvgIpc) is 2.12. The lowest BCUT2D eigenvalue weighted by Crippen LogP contribution is -2.60. The first-order valence-electron chi connectivity index (χ1n) is 3.78. The van der Waals surface area contributed by atoms with Crippen molar-refractivity contribution in [2.75, 3.05) is 0 Å². The molecule has 0 radical (unpaired) electrons. The Bertz CT molecular complexity index is 338. The van der Waals surface area contributed by atoms with Gasteiger partial charge in [0.2, 0.25) is 16.3 Å². The zero-order valence-corrected chi connectivity index (χ0v) is 18.6. The van der Waals surface area contributed by atoms with Crippen LogP contribution in [0.2, 0.25) is 0 Å². The van der Waals surface area contributed by atoms with Crippen molar-refractivity contribution >= 4 is 151 Å². The summed E-state index contributed by atoms with van der Waals surface area (Å²) in [6.45, 7) is 0. The summed E-state index contributed by atoms with van der Waals surface area (Å²) in [5.41, 5.74) is 0. The van der Waals surface area contributed by atoms with Crippen molar-refractivity contribution in [2.24, 2.45) is 0 Å². The van der Waals surface area contributed by atoms with Gasteiger partial charge in [-0.3, -0.25) is 0 Å². The van der Waals surface area contributed by atoms with Crippen molar-refractivity contribution in [2.45, 2.75) is 20.6 Å². The van der Waals surface area contributed by atoms with Crippen molar-refractivity contribution in [1.29, 1.82) is 0 Å². The topological polar surface area (TPSA) is 60.4 Å². The highest BCUT2D eigenvalue weighted by Crippen LogP contribution is 2.66. The largest absolute Gasteiger partial charge is 0.750 e. The van der Waals surface area contributed by atoms with Crippen molar-refractivity contribution in [1.82, 2.24) is 0 Å². The zero-order chi connectivity index (χ0) is 18.1. The molecule has 0 rings (SSSR count). The highest BCUT2D eigenvalue weighted by atomic mass is 35.6. The fourth-order valence-electron chi connectivity index (χ4n) is 0.553. The van der Waals surface area contributed by atoms with Crippen molar-refractivity contribution in [3.05, 3.63) is 0 Å². The summed E-state index contributed by atoms with van der Waals surface area (Å²) in [5, 5.41) is 0. The van der Waals surface area contributed by atoms with E-state index in [9.17, 15) is 0 Å². The molecule has 16 heteroatoms. The van der Waals surface area contributed by atoms with Crippen LogP contribution in [-0.4, -0.2) is 33.9 Å². The van der Waals surface area contributed by atoms with Gasteiger partial charge in [-0.05, 0) is 0 Å². The molecular formula is C5HCl12O3S-. The Morgan fingerprint density at radius 3 is 0.857 bits per heavy atom. The molecule has 130 valence electrons. The molecule has 0 aliphatic rings. The van der Waals surface area contributed by atoms with Crippen LogP contribution >= 0.6 is 139 Å². The molecule has 0 bridgehead atoms. The van der Waals surface area contributed by atoms with E-state index in [0.717, 1.165) is 0 Å². The highest BCUT2D eigenvalue weighted by Gasteiger charge is 2.73. The van der Waals surface area contributed by atoms with Gasteiger partial charge in [0.25, 0.3) is 0 Å². The molecule has 0 aliphatic heterocycles. The van der Waals surface area contributed by atoms with Crippen LogP contribution < -0.4 is 0 Å². The molecule has 0 aromatic heterocycles. The van der Waals surface area contributed by atoms with Gasteiger partial charge in [0.15, 0.2) is 4.33 Å². The van der Waals surface area contributed by atoms with Gasteiger partial charge in [0, 0.05) is 0 Å². The number of halogens is 12. The van der Waals surface area contributed by atoms with Gasteiger partial charge in [-0.15, -0.1) is 0 Å². The van der Waals surface area contributed by atoms with Crippen LogP contribution in [0.3, 0.4) is 0 Å². The zero-order valence-electron chi connectivity index (χ0n) is 8.71. The second-order valence-electron chi connectivity index (χ2n) is 2.94. The SMILES string of the molecule is ClC(Cl)(Cl)C(Cl)(Cl)C(Cl)(Cl)C(Cl)(Cl)C(Cl)(Cl)Cl.O=S([O-])O. The van der Waals surface area contributed by atoms with Crippen LogP contribution in [0.4, 0.5) is 0 Å². The van der Waals surface area contributed by atoms with Gasteiger partial charge in [0.1, 0.15) is 0 Å². The van der Waals surface area contributed by atoms with Crippen LogP contribution in [-0.2, 0) is 11.4 Å². The molecular weight excluding hydrogens is 566 g/mol. The quantitative estimate of drug-likeness (QED) is 0.303. The third kappa shape index (κ3) is 6.99. The summed E-state index contributed by atoms with van der Waals surface area (Å²) < 4.78 is 11.9. The van der Waals surface area contributed by atoms with Gasteiger partial charge in [-0.2, -0.15) is 0 Å². The van der Waals surface area contributed by atoms with Crippen molar-refractivity contribution in [3.63, 3.8) is 0 Å². The Morgan fingerprint density at radius 2 is 0.762 bits per heavy atom. The van der Waals surface area contributed by atoms with Gasteiger partial charge >= 0.3 is 0 Å². The smallest absolute Gasteiger partial charge is 0.226 e. The molecule has 0 saturated heterocycles. The average molecular weight is 567 g/mol. The van der Waals surface area contributed by atoms with E-state index in [1.165, 1.54) is 0 Å². The van der Waals surface area contributed by atoms with Crippen LogP contribution in [0.1, 0.15) is 0 Å². The standard InChI is InChI=1S/C5Cl12.H2O3S/c6-1(7,2(8,9)4(12,13)14)3(10,11)5(15,16)17;1-4(2)3/h;(H2,1,2,3)/p-1. The van der Waals surface area contributed by atoms with Gasteiger partial charge in [-0.25, -0.2) is 4.21 Å². The number of rotatable bonds is 2. The molecule has 1 N–H and O–H groups in total. The Morgan fingerprint density at radius 1 is 0.619 bits per heavy atom. The Balaban J connectivity index is 0. The molecule has 0 heterocycles. The van der Waals surface area contributed by atoms with Crippen molar-refractivity contribution in [3.8, 4) is 0 Å². The summed E-state index contributed by atoms with van der Waals surface area (Å²) in [6, 6.07) is 0. The minimum atomic E-state index is -2.86. The molecule has 0 spiro atoms. The third-order valence-corrected chi connectivity index (χ3v) is 8.54.